The summed E-state index contributed by atoms with van der Waals surface area (Å²) in [7, 11) is 1.82. The summed E-state index contributed by atoms with van der Waals surface area (Å²) in [5, 5.41) is 16.0. The van der Waals surface area contributed by atoms with Crippen LogP contribution in [0.3, 0.4) is 0 Å². The topological polar surface area (TPSA) is 123 Å². The summed E-state index contributed by atoms with van der Waals surface area (Å²) in [6.45, 7) is 1.90. The Kier molecular flexibility index (Phi) is 6.85. The molecule has 40 heavy (non-hydrogen) atoms. The van der Waals surface area contributed by atoms with E-state index in [0.717, 1.165) is 17.0 Å². The number of aromatic nitrogens is 6. The van der Waals surface area contributed by atoms with E-state index < -0.39 is 12.1 Å². The molecule has 5 heterocycles. The van der Waals surface area contributed by atoms with E-state index in [2.05, 4.69) is 30.7 Å². The highest BCUT2D eigenvalue weighted by Crippen LogP contribution is 2.38. The fourth-order valence-electron chi connectivity index (χ4n) is 5.25. The maximum atomic E-state index is 14.0. The molecule has 0 saturated carbocycles. The number of halogens is 2. The number of benzene rings is 1. The van der Waals surface area contributed by atoms with Gasteiger partial charge in [-0.05, 0) is 43.2 Å². The summed E-state index contributed by atoms with van der Waals surface area (Å²) in [4.78, 5) is 37.8. The number of nitrogens with one attached hydrogen (secondary N) is 1. The Morgan fingerprint density at radius 3 is 2.75 bits per heavy atom. The first-order valence-corrected chi connectivity index (χ1v) is 13.6. The van der Waals surface area contributed by atoms with Gasteiger partial charge in [-0.15, -0.1) is 5.10 Å². The molecule has 1 unspecified atom stereocenters. The van der Waals surface area contributed by atoms with Crippen molar-refractivity contribution in [1.29, 1.82) is 0 Å². The zero-order valence-corrected chi connectivity index (χ0v) is 23.2. The van der Waals surface area contributed by atoms with Crippen LogP contribution in [0.2, 0.25) is 10.2 Å². The van der Waals surface area contributed by atoms with Gasteiger partial charge >= 0.3 is 0 Å². The molecular weight excluding hydrogens is 553 g/mol. The van der Waals surface area contributed by atoms with Crippen molar-refractivity contribution in [2.75, 3.05) is 5.32 Å². The SMILES string of the molecule is C[C@@H]1CCC[C@H](N2C=NC(c3cc(Cl)ccc3-n3cc(Cl)nn3)C2=O)c2cc(ccn2)-c2c(cnn2C)NC1=O. The summed E-state index contributed by atoms with van der Waals surface area (Å²) in [6, 6.07) is 7.76. The lowest BCUT2D eigenvalue weighted by Gasteiger charge is -2.27. The number of anilines is 1. The van der Waals surface area contributed by atoms with Gasteiger partial charge in [0.1, 0.15) is 0 Å². The Morgan fingerprint density at radius 1 is 1.10 bits per heavy atom. The molecule has 3 atom stereocenters. The van der Waals surface area contributed by atoms with Gasteiger partial charge in [0.2, 0.25) is 5.91 Å². The van der Waals surface area contributed by atoms with Crippen molar-refractivity contribution >= 4 is 47.0 Å². The van der Waals surface area contributed by atoms with E-state index in [4.69, 9.17) is 23.2 Å². The van der Waals surface area contributed by atoms with E-state index in [0.29, 0.717) is 41.2 Å². The van der Waals surface area contributed by atoms with Gasteiger partial charge < -0.3 is 5.32 Å². The molecule has 2 aliphatic rings. The third kappa shape index (κ3) is 4.75. The molecule has 0 fully saturated rings. The molecule has 0 radical (unpaired) electrons. The van der Waals surface area contributed by atoms with Crippen molar-refractivity contribution in [3.63, 3.8) is 0 Å². The largest absolute Gasteiger partial charge is 0.323 e. The molecule has 2 amide bonds. The molecule has 0 spiro atoms. The second kappa shape index (κ2) is 10.5. The third-order valence-corrected chi connectivity index (χ3v) is 7.72. The standard InChI is InChI=1S/C27H25Cl2N9O2/c1-15-4-3-5-22(19-10-16(8-9-30-19)25-20(33-26(15)39)12-32-36(25)2)37-14-31-24(27(37)40)18-11-17(28)6-7-21(18)38-13-23(29)34-35-38/h6-15,22,24H,3-5H2,1-2H3,(H,33,39)/t15-,22+,24?/m1/s1. The molecule has 13 heteroatoms. The molecule has 2 aliphatic heterocycles. The van der Waals surface area contributed by atoms with Gasteiger partial charge in [0.15, 0.2) is 11.2 Å². The highest BCUT2D eigenvalue weighted by atomic mass is 35.5. The Hall–Kier alpha value is -4.09. The zero-order valence-electron chi connectivity index (χ0n) is 21.7. The lowest BCUT2D eigenvalue weighted by Crippen LogP contribution is -2.33. The number of aryl methyl sites for hydroxylation is 1. The van der Waals surface area contributed by atoms with Crippen LogP contribution < -0.4 is 5.32 Å². The summed E-state index contributed by atoms with van der Waals surface area (Å²) in [5.41, 5.74) is 4.13. The molecule has 2 bridgehead atoms. The predicted octanol–water partition coefficient (Wildman–Crippen LogP) is 4.78. The first-order valence-electron chi connectivity index (χ1n) is 12.8. The van der Waals surface area contributed by atoms with Gasteiger partial charge in [0.25, 0.3) is 5.91 Å². The van der Waals surface area contributed by atoms with E-state index >= 15 is 0 Å². The summed E-state index contributed by atoms with van der Waals surface area (Å²) >= 11 is 12.3. The molecule has 3 aromatic heterocycles. The number of amides is 2. The number of hydrogen-bond donors (Lipinski definition) is 1. The molecule has 1 aromatic carbocycles. The fourth-order valence-corrected chi connectivity index (χ4v) is 5.55. The van der Waals surface area contributed by atoms with Gasteiger partial charge in [-0.25, -0.2) is 4.68 Å². The van der Waals surface area contributed by atoms with Crippen LogP contribution in [0.1, 0.15) is 49.5 Å². The van der Waals surface area contributed by atoms with E-state index in [-0.39, 0.29) is 22.9 Å². The number of fused-ring (bicyclic) bond motifs is 4. The summed E-state index contributed by atoms with van der Waals surface area (Å²) in [5.74, 6) is -0.508. The van der Waals surface area contributed by atoms with Crippen LogP contribution in [-0.4, -0.2) is 52.8 Å². The average Bonchev–Trinajstić information content (AvgIpc) is 3.64. The first kappa shape index (κ1) is 26.1. The lowest BCUT2D eigenvalue weighted by atomic mass is 9.96. The number of pyridine rings is 1. The van der Waals surface area contributed by atoms with Crippen LogP contribution in [0.4, 0.5) is 5.69 Å². The normalized spacial score (nSPS) is 21.1. The highest BCUT2D eigenvalue weighted by molar-refractivity contribution is 6.30. The smallest absolute Gasteiger partial charge is 0.257 e. The summed E-state index contributed by atoms with van der Waals surface area (Å²) in [6.07, 6.45) is 8.43. The number of nitrogens with zero attached hydrogens (tertiary/aromatic N) is 8. The van der Waals surface area contributed by atoms with Crippen molar-refractivity contribution in [2.45, 2.75) is 38.3 Å². The van der Waals surface area contributed by atoms with Crippen LogP contribution in [-0.2, 0) is 16.6 Å². The van der Waals surface area contributed by atoms with Crippen molar-refractivity contribution < 1.29 is 9.59 Å². The number of carbonyl (C=O) groups excluding carboxylic acids is 2. The van der Waals surface area contributed by atoms with Crippen molar-refractivity contribution in [3.8, 4) is 16.9 Å². The van der Waals surface area contributed by atoms with Gasteiger partial charge in [-0.1, -0.05) is 41.8 Å². The van der Waals surface area contributed by atoms with Gasteiger partial charge in [0, 0.05) is 35.3 Å². The second-order valence-corrected chi connectivity index (χ2v) is 10.8. The fraction of sp³-hybridized carbons (Fsp3) is 0.296. The monoisotopic (exact) mass is 577 g/mol. The molecule has 204 valence electrons. The Balaban J connectivity index is 1.38. The summed E-state index contributed by atoms with van der Waals surface area (Å²) < 4.78 is 3.22. The van der Waals surface area contributed by atoms with Gasteiger partial charge in [-0.3, -0.25) is 29.1 Å². The van der Waals surface area contributed by atoms with E-state index in [9.17, 15) is 9.59 Å². The molecular formula is C27H25Cl2N9O2. The Labute approximate surface area is 239 Å². The molecule has 0 saturated heterocycles. The predicted molar refractivity (Wildman–Crippen MR) is 150 cm³/mol. The van der Waals surface area contributed by atoms with E-state index in [1.807, 2.05) is 26.1 Å². The van der Waals surface area contributed by atoms with Crippen molar-refractivity contribution in [3.05, 3.63) is 70.4 Å². The van der Waals surface area contributed by atoms with E-state index in [1.54, 1.807) is 52.7 Å². The number of aliphatic imine (C=N–C) groups is 1. The second-order valence-electron chi connectivity index (χ2n) is 9.94. The van der Waals surface area contributed by atoms with Crippen molar-refractivity contribution in [2.24, 2.45) is 18.0 Å². The van der Waals surface area contributed by atoms with Crippen LogP contribution in [0, 0.1) is 5.92 Å². The van der Waals surface area contributed by atoms with Crippen LogP contribution in [0.25, 0.3) is 16.9 Å². The maximum Gasteiger partial charge on any atom is 0.257 e. The number of carbonyl (C=O) groups is 2. The molecule has 4 aromatic rings. The van der Waals surface area contributed by atoms with Crippen molar-refractivity contribution in [1.82, 2.24) is 34.7 Å². The Bertz CT molecular complexity index is 1650. The number of hydrogen-bond acceptors (Lipinski definition) is 7. The zero-order chi connectivity index (χ0) is 28.0. The lowest BCUT2D eigenvalue weighted by molar-refractivity contribution is -0.129. The maximum absolute atomic E-state index is 14.0. The minimum atomic E-state index is -0.838. The van der Waals surface area contributed by atoms with Gasteiger partial charge in [0.05, 0.1) is 47.5 Å². The molecule has 6 rings (SSSR count). The number of rotatable bonds is 3. The third-order valence-electron chi connectivity index (χ3n) is 7.32. The van der Waals surface area contributed by atoms with E-state index in [1.165, 1.54) is 4.68 Å². The van der Waals surface area contributed by atoms with Crippen LogP contribution in [0.5, 0.6) is 0 Å². The minimum absolute atomic E-state index is 0.0683. The quantitative estimate of drug-likeness (QED) is 0.373. The van der Waals surface area contributed by atoms with Gasteiger partial charge in [-0.2, -0.15) is 5.10 Å². The Morgan fingerprint density at radius 2 is 1.95 bits per heavy atom. The van der Waals surface area contributed by atoms with Crippen LogP contribution >= 0.6 is 23.2 Å². The minimum Gasteiger partial charge on any atom is -0.323 e. The highest BCUT2D eigenvalue weighted by Gasteiger charge is 2.37. The average molecular weight is 578 g/mol. The first-order chi connectivity index (χ1) is 19.3. The van der Waals surface area contributed by atoms with Crippen LogP contribution in [0.15, 0.2) is 53.9 Å². The molecule has 1 N–H and O–H groups in total. The molecule has 0 aliphatic carbocycles. The molecule has 11 nitrogen and oxygen atoms in total.